The Kier molecular flexibility index (Phi) is 4.42. The summed E-state index contributed by atoms with van der Waals surface area (Å²) >= 11 is 0. The van der Waals surface area contributed by atoms with Crippen LogP contribution < -0.4 is 0 Å². The molecule has 4 nitrogen and oxygen atoms in total. The molecule has 3 rings (SSSR count). The molecule has 0 bridgehead atoms. The monoisotopic (exact) mass is 376 g/mol. The molecule has 0 heterocycles. The Morgan fingerprint density at radius 3 is 1.37 bits per heavy atom. The number of hydrogen-bond acceptors (Lipinski definition) is 4. The summed E-state index contributed by atoms with van der Waals surface area (Å²) in [5.74, 6) is -0.467. The van der Waals surface area contributed by atoms with E-state index in [-0.39, 0.29) is 11.9 Å². The van der Waals surface area contributed by atoms with Gasteiger partial charge in [-0.15, -0.1) is 0 Å². The minimum absolute atomic E-state index is 0.233. The van der Waals surface area contributed by atoms with Gasteiger partial charge in [0.1, 0.15) is 11.2 Å². The SMILES string of the molecule is CC(C)(C)OC(=O)C12CC3=C(CCCC3)CC1(C(=O)OC(C)(C)C)C2(C)C. The fraction of sp³-hybridized carbons (Fsp3) is 0.826. The molecule has 3 aliphatic carbocycles. The van der Waals surface area contributed by atoms with Crippen molar-refractivity contribution in [2.24, 2.45) is 16.2 Å². The molecule has 0 aromatic carbocycles. The molecule has 2 unspecified atom stereocenters. The number of rotatable bonds is 2. The molecule has 4 heteroatoms. The minimum Gasteiger partial charge on any atom is -0.459 e. The van der Waals surface area contributed by atoms with Gasteiger partial charge in [-0.3, -0.25) is 9.59 Å². The van der Waals surface area contributed by atoms with E-state index in [1.165, 1.54) is 24.0 Å². The van der Waals surface area contributed by atoms with Crippen LogP contribution in [-0.2, 0) is 19.1 Å². The number of esters is 2. The van der Waals surface area contributed by atoms with E-state index in [1.807, 2.05) is 41.5 Å². The number of carbonyl (C=O) groups excluding carboxylic acids is 2. The molecule has 0 spiro atoms. The summed E-state index contributed by atoms with van der Waals surface area (Å²) in [7, 11) is 0. The van der Waals surface area contributed by atoms with Crippen molar-refractivity contribution < 1.29 is 19.1 Å². The molecule has 0 amide bonds. The number of fused-ring (bicyclic) bond motifs is 1. The third-order valence-electron chi connectivity index (χ3n) is 6.96. The number of ether oxygens (including phenoxy) is 2. The van der Waals surface area contributed by atoms with Gasteiger partial charge in [-0.25, -0.2) is 0 Å². The van der Waals surface area contributed by atoms with Crippen LogP contribution in [0.3, 0.4) is 0 Å². The molecule has 0 saturated heterocycles. The first-order chi connectivity index (χ1) is 12.2. The summed E-state index contributed by atoms with van der Waals surface area (Å²) in [6, 6.07) is 0. The summed E-state index contributed by atoms with van der Waals surface area (Å²) in [5.41, 5.74) is -0.496. The fourth-order valence-corrected chi connectivity index (χ4v) is 5.64. The summed E-state index contributed by atoms with van der Waals surface area (Å²) < 4.78 is 11.7. The molecule has 0 aromatic heterocycles. The van der Waals surface area contributed by atoms with E-state index in [9.17, 15) is 9.59 Å². The Morgan fingerprint density at radius 2 is 1.07 bits per heavy atom. The second-order valence-corrected chi connectivity index (χ2v) is 11.2. The van der Waals surface area contributed by atoms with E-state index in [4.69, 9.17) is 9.47 Å². The van der Waals surface area contributed by atoms with Crippen molar-refractivity contribution in [2.45, 2.75) is 105 Å². The first-order valence-corrected chi connectivity index (χ1v) is 10.3. The van der Waals surface area contributed by atoms with Crippen LogP contribution in [0.1, 0.15) is 93.9 Å². The third-order valence-corrected chi connectivity index (χ3v) is 6.96. The maximum absolute atomic E-state index is 13.5. The number of carbonyl (C=O) groups is 2. The zero-order valence-corrected chi connectivity index (χ0v) is 18.4. The smallest absolute Gasteiger partial charge is 0.314 e. The highest BCUT2D eigenvalue weighted by Gasteiger charge is 2.91. The Bertz CT molecular complexity index is 643. The fourth-order valence-electron chi connectivity index (χ4n) is 5.64. The maximum atomic E-state index is 13.5. The molecule has 2 atom stereocenters. The maximum Gasteiger partial charge on any atom is 0.314 e. The van der Waals surface area contributed by atoms with Gasteiger partial charge in [0.25, 0.3) is 0 Å². The van der Waals surface area contributed by atoms with Crippen molar-refractivity contribution in [3.63, 3.8) is 0 Å². The van der Waals surface area contributed by atoms with Crippen molar-refractivity contribution in [3.05, 3.63) is 11.1 Å². The molecule has 0 radical (unpaired) electrons. The van der Waals surface area contributed by atoms with Crippen molar-refractivity contribution in [1.29, 1.82) is 0 Å². The lowest BCUT2D eigenvalue weighted by atomic mass is 9.71. The van der Waals surface area contributed by atoms with Crippen LogP contribution in [0.15, 0.2) is 11.1 Å². The summed E-state index contributed by atoms with van der Waals surface area (Å²) in [6.45, 7) is 15.4. The minimum atomic E-state index is -0.814. The van der Waals surface area contributed by atoms with E-state index in [0.29, 0.717) is 12.8 Å². The van der Waals surface area contributed by atoms with Gasteiger partial charge in [0.2, 0.25) is 0 Å². The van der Waals surface area contributed by atoms with Crippen LogP contribution in [0.2, 0.25) is 0 Å². The Labute approximate surface area is 164 Å². The van der Waals surface area contributed by atoms with Gasteiger partial charge in [0.15, 0.2) is 0 Å². The topological polar surface area (TPSA) is 52.6 Å². The van der Waals surface area contributed by atoms with Gasteiger partial charge >= 0.3 is 11.9 Å². The van der Waals surface area contributed by atoms with Crippen LogP contribution in [0.25, 0.3) is 0 Å². The van der Waals surface area contributed by atoms with Gasteiger partial charge in [0.05, 0.1) is 10.8 Å². The van der Waals surface area contributed by atoms with Crippen LogP contribution in [0.5, 0.6) is 0 Å². The van der Waals surface area contributed by atoms with E-state index in [0.717, 1.165) is 12.8 Å². The zero-order chi connectivity index (χ0) is 20.5. The van der Waals surface area contributed by atoms with Gasteiger partial charge in [-0.05, 0) is 85.5 Å². The third kappa shape index (κ3) is 2.86. The number of hydrogen-bond donors (Lipinski definition) is 0. The highest BCUT2D eigenvalue weighted by molar-refractivity contribution is 5.98. The van der Waals surface area contributed by atoms with Crippen molar-refractivity contribution in [2.75, 3.05) is 0 Å². The quantitative estimate of drug-likeness (QED) is 0.482. The second kappa shape index (κ2) is 5.84. The van der Waals surface area contributed by atoms with E-state index < -0.39 is 27.4 Å². The Morgan fingerprint density at radius 1 is 0.741 bits per heavy atom. The highest BCUT2D eigenvalue weighted by atomic mass is 16.6. The highest BCUT2D eigenvalue weighted by Crippen LogP contribution is 2.85. The first kappa shape index (κ1) is 20.4. The van der Waals surface area contributed by atoms with Crippen molar-refractivity contribution >= 4 is 11.9 Å². The predicted octanol–water partition coefficient (Wildman–Crippen LogP) is 5.35. The first-order valence-electron chi connectivity index (χ1n) is 10.3. The Hall–Kier alpha value is -1.32. The van der Waals surface area contributed by atoms with Crippen LogP contribution in [0.4, 0.5) is 0 Å². The van der Waals surface area contributed by atoms with Gasteiger partial charge < -0.3 is 9.47 Å². The molecule has 0 aliphatic heterocycles. The van der Waals surface area contributed by atoms with Crippen LogP contribution in [-0.4, -0.2) is 23.1 Å². The normalized spacial score (nSPS) is 32.3. The van der Waals surface area contributed by atoms with E-state index >= 15 is 0 Å². The average Bonchev–Trinajstić information content (AvgIpc) is 2.94. The van der Waals surface area contributed by atoms with E-state index in [2.05, 4.69) is 13.8 Å². The van der Waals surface area contributed by atoms with Crippen LogP contribution >= 0.6 is 0 Å². The summed E-state index contributed by atoms with van der Waals surface area (Å²) in [6.07, 6.45) is 5.71. The molecule has 1 fully saturated rings. The average molecular weight is 377 g/mol. The molecule has 0 N–H and O–H groups in total. The molecule has 27 heavy (non-hydrogen) atoms. The summed E-state index contributed by atoms with van der Waals surface area (Å²) in [5, 5.41) is 0. The molecule has 152 valence electrons. The lowest BCUT2D eigenvalue weighted by molar-refractivity contribution is -0.173. The van der Waals surface area contributed by atoms with Crippen molar-refractivity contribution in [1.82, 2.24) is 0 Å². The predicted molar refractivity (Wildman–Crippen MR) is 105 cm³/mol. The molecule has 3 aliphatic rings. The lowest BCUT2D eigenvalue weighted by Crippen LogP contribution is -2.41. The van der Waals surface area contributed by atoms with Gasteiger partial charge in [0, 0.05) is 0 Å². The number of allylic oxidation sites excluding steroid dienone is 2. The second-order valence-electron chi connectivity index (χ2n) is 11.2. The molecule has 1 saturated carbocycles. The molecular weight excluding hydrogens is 340 g/mol. The standard InChI is InChI=1S/C23H36O4/c1-19(2,3)26-17(24)22-13-15-11-9-10-12-16(15)14-23(22,21(22,7)8)18(25)27-20(4,5)6/h9-14H2,1-8H3. The van der Waals surface area contributed by atoms with E-state index in [1.54, 1.807) is 0 Å². The van der Waals surface area contributed by atoms with Gasteiger partial charge in [-0.1, -0.05) is 25.0 Å². The largest absolute Gasteiger partial charge is 0.459 e. The van der Waals surface area contributed by atoms with Crippen LogP contribution in [0, 0.1) is 16.2 Å². The molecular formula is C23H36O4. The molecule has 0 aromatic rings. The zero-order valence-electron chi connectivity index (χ0n) is 18.4. The van der Waals surface area contributed by atoms with Crippen molar-refractivity contribution in [3.8, 4) is 0 Å². The summed E-state index contributed by atoms with van der Waals surface area (Å²) in [4.78, 5) is 27.0. The Balaban J connectivity index is 2.08. The van der Waals surface area contributed by atoms with Gasteiger partial charge in [-0.2, -0.15) is 0 Å². The lowest BCUT2D eigenvalue weighted by Gasteiger charge is -2.36.